The van der Waals surface area contributed by atoms with Crippen molar-refractivity contribution in [1.82, 2.24) is 0 Å². The summed E-state index contributed by atoms with van der Waals surface area (Å²) >= 11 is 0. The highest BCUT2D eigenvalue weighted by Crippen LogP contribution is 2.33. The second-order valence-electron chi connectivity index (χ2n) is 5.08. The Labute approximate surface area is 129 Å². The molecule has 0 amide bonds. The van der Waals surface area contributed by atoms with Gasteiger partial charge >= 0.3 is 0 Å². The zero-order valence-electron chi connectivity index (χ0n) is 11.9. The van der Waals surface area contributed by atoms with Crippen molar-refractivity contribution in [2.75, 3.05) is 5.32 Å². The fourth-order valence-corrected chi connectivity index (χ4v) is 3.52. The Morgan fingerprint density at radius 3 is 2.32 bits per heavy atom. The summed E-state index contributed by atoms with van der Waals surface area (Å²) in [7, 11) is -4.31. The number of rotatable bonds is 3. The number of para-hydroxylation sites is 1. The standard InChI is InChI=1S/C17H15NO3S/c1-12-10-11-13-6-5-9-15(16(13)17(12)22(19,20)21)18-14-7-3-2-4-8-14/h2-11,18H,1H3,(H,19,20,21). The molecule has 4 nitrogen and oxygen atoms in total. The molecule has 0 heterocycles. The van der Waals surface area contributed by atoms with Crippen LogP contribution in [0.3, 0.4) is 0 Å². The smallest absolute Gasteiger partial charge is 0.295 e. The fraction of sp³-hybridized carbons (Fsp3) is 0.0588. The fourth-order valence-electron chi connectivity index (χ4n) is 2.56. The van der Waals surface area contributed by atoms with E-state index in [0.717, 1.165) is 11.1 Å². The molecule has 0 saturated heterocycles. The van der Waals surface area contributed by atoms with E-state index in [0.29, 0.717) is 16.6 Å². The Kier molecular flexibility index (Phi) is 3.60. The summed E-state index contributed by atoms with van der Waals surface area (Å²) in [4.78, 5) is -0.0518. The van der Waals surface area contributed by atoms with Gasteiger partial charge in [-0.1, -0.05) is 42.5 Å². The zero-order valence-corrected chi connectivity index (χ0v) is 12.8. The highest BCUT2D eigenvalue weighted by Gasteiger charge is 2.19. The van der Waals surface area contributed by atoms with Crippen LogP contribution < -0.4 is 5.32 Å². The lowest BCUT2D eigenvalue weighted by molar-refractivity contribution is 0.483. The molecule has 3 aromatic carbocycles. The average molecular weight is 313 g/mol. The number of fused-ring (bicyclic) bond motifs is 1. The van der Waals surface area contributed by atoms with Gasteiger partial charge in [0, 0.05) is 16.8 Å². The lowest BCUT2D eigenvalue weighted by Crippen LogP contribution is -2.04. The Morgan fingerprint density at radius 1 is 0.909 bits per heavy atom. The molecule has 0 unspecified atom stereocenters. The number of anilines is 2. The van der Waals surface area contributed by atoms with Crippen LogP contribution in [0.2, 0.25) is 0 Å². The topological polar surface area (TPSA) is 66.4 Å². The van der Waals surface area contributed by atoms with Crippen LogP contribution in [0.5, 0.6) is 0 Å². The largest absolute Gasteiger partial charge is 0.355 e. The van der Waals surface area contributed by atoms with E-state index >= 15 is 0 Å². The minimum absolute atomic E-state index is 0.0518. The van der Waals surface area contributed by atoms with Crippen molar-refractivity contribution in [3.8, 4) is 0 Å². The first kappa shape index (κ1) is 14.6. The Bertz CT molecular complexity index is 935. The maximum atomic E-state index is 11.8. The molecule has 0 atom stereocenters. The van der Waals surface area contributed by atoms with Crippen molar-refractivity contribution in [1.29, 1.82) is 0 Å². The van der Waals surface area contributed by atoms with Crippen molar-refractivity contribution in [2.24, 2.45) is 0 Å². The second-order valence-corrected chi connectivity index (χ2v) is 6.44. The van der Waals surface area contributed by atoms with Gasteiger partial charge in [0.15, 0.2) is 0 Å². The summed E-state index contributed by atoms with van der Waals surface area (Å²) in [6.07, 6.45) is 0. The van der Waals surface area contributed by atoms with Crippen LogP contribution in [0.4, 0.5) is 11.4 Å². The molecule has 0 aliphatic heterocycles. The van der Waals surface area contributed by atoms with Gasteiger partial charge in [0.25, 0.3) is 10.1 Å². The van der Waals surface area contributed by atoms with Gasteiger partial charge in [-0.3, -0.25) is 4.55 Å². The van der Waals surface area contributed by atoms with E-state index in [1.807, 2.05) is 48.5 Å². The molecule has 5 heteroatoms. The van der Waals surface area contributed by atoms with Gasteiger partial charge in [-0.25, -0.2) is 0 Å². The molecule has 112 valence electrons. The van der Waals surface area contributed by atoms with E-state index in [9.17, 15) is 13.0 Å². The van der Waals surface area contributed by atoms with Gasteiger partial charge in [-0.2, -0.15) is 8.42 Å². The van der Waals surface area contributed by atoms with Crippen molar-refractivity contribution in [3.63, 3.8) is 0 Å². The third-order valence-electron chi connectivity index (χ3n) is 3.51. The molecule has 0 aromatic heterocycles. The highest BCUT2D eigenvalue weighted by atomic mass is 32.2. The summed E-state index contributed by atoms with van der Waals surface area (Å²) in [6.45, 7) is 1.67. The van der Waals surface area contributed by atoms with Crippen molar-refractivity contribution < 1.29 is 13.0 Å². The molecule has 22 heavy (non-hydrogen) atoms. The first-order chi connectivity index (χ1) is 10.5. The zero-order chi connectivity index (χ0) is 15.7. The van der Waals surface area contributed by atoms with Crippen LogP contribution in [0.25, 0.3) is 10.8 Å². The van der Waals surface area contributed by atoms with Crippen molar-refractivity contribution in [3.05, 3.63) is 66.2 Å². The molecule has 0 radical (unpaired) electrons. The quantitative estimate of drug-likeness (QED) is 0.713. The Balaban J connectivity index is 2.29. The number of nitrogens with one attached hydrogen (secondary N) is 1. The van der Waals surface area contributed by atoms with Crippen LogP contribution in [0.1, 0.15) is 5.56 Å². The first-order valence-electron chi connectivity index (χ1n) is 6.79. The van der Waals surface area contributed by atoms with E-state index in [4.69, 9.17) is 0 Å². The Hall–Kier alpha value is -2.37. The molecule has 3 rings (SSSR count). The van der Waals surface area contributed by atoms with Gasteiger partial charge in [0.2, 0.25) is 0 Å². The minimum atomic E-state index is -4.31. The summed E-state index contributed by atoms with van der Waals surface area (Å²) < 4.78 is 33.2. The van der Waals surface area contributed by atoms with Gasteiger partial charge in [-0.15, -0.1) is 0 Å². The number of aryl methyl sites for hydroxylation is 1. The predicted octanol–water partition coefficient (Wildman–Crippen LogP) is 4.14. The van der Waals surface area contributed by atoms with Gasteiger partial charge < -0.3 is 5.32 Å². The third kappa shape index (κ3) is 2.68. The second kappa shape index (κ2) is 5.44. The summed E-state index contributed by atoms with van der Waals surface area (Å²) in [5, 5.41) is 4.45. The lowest BCUT2D eigenvalue weighted by Gasteiger charge is -2.14. The van der Waals surface area contributed by atoms with E-state index < -0.39 is 10.1 Å². The van der Waals surface area contributed by atoms with Crippen molar-refractivity contribution >= 4 is 32.3 Å². The average Bonchev–Trinajstić information content (AvgIpc) is 2.47. The van der Waals surface area contributed by atoms with Crippen LogP contribution in [-0.2, 0) is 10.1 Å². The molecule has 0 saturated carbocycles. The van der Waals surface area contributed by atoms with Crippen LogP contribution in [0, 0.1) is 6.92 Å². The van der Waals surface area contributed by atoms with Crippen LogP contribution in [0.15, 0.2) is 65.6 Å². The predicted molar refractivity (Wildman–Crippen MR) is 88.2 cm³/mol. The summed E-state index contributed by atoms with van der Waals surface area (Å²) in [6, 6.07) is 18.5. The minimum Gasteiger partial charge on any atom is -0.355 e. The molecule has 0 spiro atoms. The molecule has 0 aliphatic rings. The number of hydrogen-bond donors (Lipinski definition) is 2. The van der Waals surface area contributed by atoms with Crippen molar-refractivity contribution in [2.45, 2.75) is 11.8 Å². The highest BCUT2D eigenvalue weighted by molar-refractivity contribution is 7.86. The molecule has 0 aliphatic carbocycles. The molecule has 0 fully saturated rings. The number of benzene rings is 3. The van der Waals surface area contributed by atoms with Crippen LogP contribution in [-0.4, -0.2) is 13.0 Å². The van der Waals surface area contributed by atoms with Gasteiger partial charge in [-0.05, 0) is 36.1 Å². The monoisotopic (exact) mass is 313 g/mol. The molecule has 2 N–H and O–H groups in total. The SMILES string of the molecule is Cc1ccc2cccc(Nc3ccccc3)c2c1S(=O)(=O)O. The molecular weight excluding hydrogens is 298 g/mol. The van der Waals surface area contributed by atoms with Crippen LogP contribution >= 0.6 is 0 Å². The molecule has 0 bridgehead atoms. The molecule has 3 aromatic rings. The van der Waals surface area contributed by atoms with Gasteiger partial charge in [0.1, 0.15) is 4.90 Å². The Morgan fingerprint density at radius 2 is 1.64 bits per heavy atom. The number of hydrogen-bond acceptors (Lipinski definition) is 3. The van der Waals surface area contributed by atoms with Gasteiger partial charge in [0.05, 0.1) is 0 Å². The maximum Gasteiger partial charge on any atom is 0.295 e. The van der Waals surface area contributed by atoms with E-state index in [1.54, 1.807) is 19.1 Å². The summed E-state index contributed by atoms with van der Waals surface area (Å²) in [5.41, 5.74) is 2.00. The summed E-state index contributed by atoms with van der Waals surface area (Å²) in [5.74, 6) is 0. The maximum absolute atomic E-state index is 11.8. The normalized spacial score (nSPS) is 11.5. The molecular formula is C17H15NO3S. The first-order valence-corrected chi connectivity index (χ1v) is 8.23. The third-order valence-corrected chi connectivity index (χ3v) is 4.55. The van der Waals surface area contributed by atoms with E-state index in [2.05, 4.69) is 5.32 Å². The lowest BCUT2D eigenvalue weighted by atomic mass is 10.1. The van der Waals surface area contributed by atoms with E-state index in [1.165, 1.54) is 0 Å². The van der Waals surface area contributed by atoms with E-state index in [-0.39, 0.29) is 4.90 Å².